The summed E-state index contributed by atoms with van der Waals surface area (Å²) >= 11 is 0. The predicted molar refractivity (Wildman–Crippen MR) is 68.4 cm³/mol. The van der Waals surface area contributed by atoms with Crippen LogP contribution in [0.3, 0.4) is 0 Å². The second-order valence-corrected chi connectivity index (χ2v) is 5.30. The lowest BCUT2D eigenvalue weighted by Crippen LogP contribution is -2.51. The van der Waals surface area contributed by atoms with Gasteiger partial charge in [0.15, 0.2) is 0 Å². The third-order valence-electron chi connectivity index (χ3n) is 3.49. The van der Waals surface area contributed by atoms with E-state index >= 15 is 0 Å². The quantitative estimate of drug-likeness (QED) is 0.825. The normalized spacial score (nSPS) is 21.9. The number of nitrogens with zero attached hydrogens (tertiary/aromatic N) is 1. The van der Waals surface area contributed by atoms with Crippen LogP contribution in [0, 0.1) is 0 Å². The molecule has 1 heterocycles. The average Bonchev–Trinajstić information content (AvgIpc) is 2.26. The minimum atomic E-state index is -0.188. The SMILES string of the molecule is CCN1CCc2ccccc2C1C(C)(C)N. The van der Waals surface area contributed by atoms with Gasteiger partial charge in [-0.15, -0.1) is 0 Å². The molecular weight excluding hydrogens is 196 g/mol. The number of hydrogen-bond acceptors (Lipinski definition) is 2. The highest BCUT2D eigenvalue weighted by Crippen LogP contribution is 2.35. The predicted octanol–water partition coefficient (Wildman–Crippen LogP) is 2.34. The summed E-state index contributed by atoms with van der Waals surface area (Å²) < 4.78 is 0. The highest BCUT2D eigenvalue weighted by atomic mass is 15.2. The van der Waals surface area contributed by atoms with E-state index in [2.05, 4.69) is 49.9 Å². The van der Waals surface area contributed by atoms with Crippen molar-refractivity contribution in [3.63, 3.8) is 0 Å². The molecule has 0 amide bonds. The number of fused-ring (bicyclic) bond motifs is 1. The van der Waals surface area contributed by atoms with Gasteiger partial charge in [-0.25, -0.2) is 0 Å². The monoisotopic (exact) mass is 218 g/mol. The van der Waals surface area contributed by atoms with Gasteiger partial charge in [-0.3, -0.25) is 4.90 Å². The van der Waals surface area contributed by atoms with E-state index in [1.807, 2.05) is 0 Å². The van der Waals surface area contributed by atoms with Crippen LogP contribution in [0.2, 0.25) is 0 Å². The lowest BCUT2D eigenvalue weighted by molar-refractivity contribution is 0.132. The Bertz CT molecular complexity index is 365. The first-order valence-electron chi connectivity index (χ1n) is 6.14. The Balaban J connectivity index is 2.45. The van der Waals surface area contributed by atoms with Crippen molar-refractivity contribution >= 4 is 0 Å². The molecule has 0 bridgehead atoms. The summed E-state index contributed by atoms with van der Waals surface area (Å²) in [6.45, 7) is 8.66. The van der Waals surface area contributed by atoms with Crippen molar-refractivity contribution in [2.24, 2.45) is 5.73 Å². The molecule has 2 rings (SSSR count). The molecule has 2 nitrogen and oxygen atoms in total. The van der Waals surface area contributed by atoms with E-state index < -0.39 is 0 Å². The first-order valence-corrected chi connectivity index (χ1v) is 6.14. The fraction of sp³-hybridized carbons (Fsp3) is 0.571. The summed E-state index contributed by atoms with van der Waals surface area (Å²) in [7, 11) is 0. The summed E-state index contributed by atoms with van der Waals surface area (Å²) in [6, 6.07) is 9.07. The summed E-state index contributed by atoms with van der Waals surface area (Å²) in [5.74, 6) is 0. The molecule has 0 aliphatic carbocycles. The van der Waals surface area contributed by atoms with Gasteiger partial charge in [-0.2, -0.15) is 0 Å². The zero-order valence-electron chi connectivity index (χ0n) is 10.5. The Morgan fingerprint density at radius 1 is 1.38 bits per heavy atom. The van der Waals surface area contributed by atoms with Crippen LogP contribution in [0.25, 0.3) is 0 Å². The Hall–Kier alpha value is -0.860. The van der Waals surface area contributed by atoms with Crippen LogP contribution in [-0.4, -0.2) is 23.5 Å². The lowest BCUT2D eigenvalue weighted by Gasteiger charge is -2.43. The van der Waals surface area contributed by atoms with Gasteiger partial charge in [0.1, 0.15) is 0 Å². The number of nitrogens with two attached hydrogens (primary N) is 1. The van der Waals surface area contributed by atoms with Gasteiger partial charge >= 0.3 is 0 Å². The Morgan fingerprint density at radius 3 is 2.69 bits per heavy atom. The van der Waals surface area contributed by atoms with E-state index in [0.717, 1.165) is 19.5 Å². The van der Waals surface area contributed by atoms with E-state index in [9.17, 15) is 0 Å². The number of hydrogen-bond donors (Lipinski definition) is 1. The second kappa shape index (κ2) is 4.19. The molecule has 2 N–H and O–H groups in total. The molecule has 0 saturated carbocycles. The molecule has 1 atom stereocenters. The van der Waals surface area contributed by atoms with Gasteiger partial charge in [0.2, 0.25) is 0 Å². The van der Waals surface area contributed by atoms with Crippen LogP contribution in [-0.2, 0) is 6.42 Å². The zero-order chi connectivity index (χ0) is 11.8. The lowest BCUT2D eigenvalue weighted by atomic mass is 9.82. The molecule has 1 aliphatic rings. The molecule has 0 saturated heterocycles. The van der Waals surface area contributed by atoms with Gasteiger partial charge < -0.3 is 5.73 Å². The van der Waals surface area contributed by atoms with Crippen molar-refractivity contribution in [3.05, 3.63) is 35.4 Å². The smallest absolute Gasteiger partial charge is 0.0525 e. The van der Waals surface area contributed by atoms with Crippen molar-refractivity contribution in [2.45, 2.75) is 38.8 Å². The molecule has 1 aromatic rings. The zero-order valence-corrected chi connectivity index (χ0v) is 10.5. The molecule has 0 radical (unpaired) electrons. The van der Waals surface area contributed by atoms with Crippen LogP contribution in [0.1, 0.15) is 37.9 Å². The summed E-state index contributed by atoms with van der Waals surface area (Å²) in [6.07, 6.45) is 1.15. The van der Waals surface area contributed by atoms with E-state index in [1.54, 1.807) is 0 Å². The van der Waals surface area contributed by atoms with Crippen LogP contribution in [0.15, 0.2) is 24.3 Å². The van der Waals surface area contributed by atoms with Gasteiger partial charge in [0.05, 0.1) is 6.04 Å². The van der Waals surface area contributed by atoms with Gasteiger partial charge in [-0.05, 0) is 37.9 Å². The third kappa shape index (κ3) is 2.00. The topological polar surface area (TPSA) is 29.3 Å². The third-order valence-corrected chi connectivity index (χ3v) is 3.49. The standard InChI is InChI=1S/C14H22N2/c1-4-16-10-9-11-7-5-6-8-12(11)13(16)14(2,3)15/h5-8,13H,4,9-10,15H2,1-3H3. The van der Waals surface area contributed by atoms with Crippen molar-refractivity contribution in [1.82, 2.24) is 4.90 Å². The maximum absolute atomic E-state index is 6.35. The first-order chi connectivity index (χ1) is 7.54. The molecule has 0 aromatic heterocycles. The molecule has 1 unspecified atom stereocenters. The summed E-state index contributed by atoms with van der Waals surface area (Å²) in [5.41, 5.74) is 9.05. The fourth-order valence-corrected chi connectivity index (χ4v) is 2.83. The average molecular weight is 218 g/mol. The van der Waals surface area contributed by atoms with Crippen molar-refractivity contribution in [2.75, 3.05) is 13.1 Å². The van der Waals surface area contributed by atoms with Crippen LogP contribution < -0.4 is 5.73 Å². The van der Waals surface area contributed by atoms with Gasteiger partial charge in [-0.1, -0.05) is 31.2 Å². The minimum Gasteiger partial charge on any atom is -0.324 e. The van der Waals surface area contributed by atoms with E-state index in [1.165, 1.54) is 11.1 Å². The maximum Gasteiger partial charge on any atom is 0.0525 e. The molecule has 1 aliphatic heterocycles. The van der Waals surface area contributed by atoms with Crippen molar-refractivity contribution < 1.29 is 0 Å². The molecule has 0 fully saturated rings. The van der Waals surface area contributed by atoms with Gasteiger partial charge in [0.25, 0.3) is 0 Å². The van der Waals surface area contributed by atoms with Crippen LogP contribution >= 0.6 is 0 Å². The van der Waals surface area contributed by atoms with Crippen LogP contribution in [0.5, 0.6) is 0 Å². The Labute approximate surface area is 98.4 Å². The second-order valence-electron chi connectivity index (χ2n) is 5.30. The van der Waals surface area contributed by atoms with Crippen LogP contribution in [0.4, 0.5) is 0 Å². The number of rotatable bonds is 2. The molecule has 2 heteroatoms. The largest absolute Gasteiger partial charge is 0.324 e. The molecule has 88 valence electrons. The highest BCUT2D eigenvalue weighted by Gasteiger charge is 2.35. The van der Waals surface area contributed by atoms with E-state index in [0.29, 0.717) is 6.04 Å². The van der Waals surface area contributed by atoms with E-state index in [4.69, 9.17) is 5.73 Å². The van der Waals surface area contributed by atoms with Gasteiger partial charge in [0, 0.05) is 12.1 Å². The fourth-order valence-electron chi connectivity index (χ4n) is 2.83. The minimum absolute atomic E-state index is 0.188. The molecule has 0 spiro atoms. The number of benzene rings is 1. The Kier molecular flexibility index (Phi) is 3.04. The maximum atomic E-state index is 6.35. The summed E-state index contributed by atoms with van der Waals surface area (Å²) in [4.78, 5) is 2.49. The molecule has 16 heavy (non-hydrogen) atoms. The van der Waals surface area contributed by atoms with E-state index in [-0.39, 0.29) is 5.54 Å². The summed E-state index contributed by atoms with van der Waals surface area (Å²) in [5, 5.41) is 0. The first kappa shape index (κ1) is 11.6. The van der Waals surface area contributed by atoms with Crippen molar-refractivity contribution in [3.8, 4) is 0 Å². The Morgan fingerprint density at radius 2 is 2.06 bits per heavy atom. The highest BCUT2D eigenvalue weighted by molar-refractivity contribution is 5.34. The number of likely N-dealkylation sites (N-methyl/N-ethyl adjacent to an activating group) is 1. The van der Waals surface area contributed by atoms with Crippen molar-refractivity contribution in [1.29, 1.82) is 0 Å². The molecular formula is C14H22N2. The molecule has 1 aromatic carbocycles.